The number of ether oxygens (including phenoxy) is 1. The van der Waals surface area contributed by atoms with Crippen LogP contribution in [0.5, 0.6) is 5.75 Å². The number of methoxy groups -OCH3 is 1. The number of nitrogens with one attached hydrogen (secondary N) is 1. The third-order valence-electron chi connectivity index (χ3n) is 3.08. The molecule has 3 rings (SSSR count). The van der Waals surface area contributed by atoms with E-state index in [4.69, 9.17) is 4.42 Å². The minimum absolute atomic E-state index is 0.127. The average molecular weight is 315 g/mol. The van der Waals surface area contributed by atoms with Gasteiger partial charge in [0.2, 0.25) is 0 Å². The van der Waals surface area contributed by atoms with Crippen LogP contribution < -0.4 is 4.72 Å². The Morgan fingerprint density at radius 1 is 1.23 bits per heavy atom. The molecule has 0 unspecified atom stereocenters. The highest BCUT2D eigenvalue weighted by Gasteiger charge is 2.12. The van der Waals surface area contributed by atoms with Crippen LogP contribution in [0.4, 0.5) is 5.69 Å². The molecule has 0 saturated heterocycles. The number of benzene rings is 2. The number of esters is 1. The molecule has 1 heterocycles. The number of phenols is 1. The molecule has 2 N–H and O–H groups in total. The minimum atomic E-state index is -0.575. The number of aromatic hydroxyl groups is 1. The summed E-state index contributed by atoms with van der Waals surface area (Å²) in [7, 11) is 1.27. The zero-order valence-electron chi connectivity index (χ0n) is 11.7. The van der Waals surface area contributed by atoms with Gasteiger partial charge in [0.25, 0.3) is 0 Å². The van der Waals surface area contributed by atoms with E-state index in [1.165, 1.54) is 31.2 Å². The van der Waals surface area contributed by atoms with Gasteiger partial charge in [-0.25, -0.2) is 4.79 Å². The molecule has 0 amide bonds. The number of hydrogen-bond acceptors (Lipinski definition) is 6. The van der Waals surface area contributed by atoms with Gasteiger partial charge in [0, 0.05) is 35.2 Å². The van der Waals surface area contributed by atoms with Gasteiger partial charge in [-0.1, -0.05) is 18.2 Å². The predicted molar refractivity (Wildman–Crippen MR) is 85.1 cm³/mol. The number of furan rings is 1. The van der Waals surface area contributed by atoms with Crippen molar-refractivity contribution in [2.75, 3.05) is 11.8 Å². The van der Waals surface area contributed by atoms with E-state index in [1.807, 2.05) is 30.3 Å². The van der Waals surface area contributed by atoms with Crippen molar-refractivity contribution in [3.63, 3.8) is 0 Å². The van der Waals surface area contributed by atoms with Gasteiger partial charge in [0.05, 0.1) is 7.11 Å². The number of hydrogen-bond donors (Lipinski definition) is 2. The van der Waals surface area contributed by atoms with Crippen LogP contribution in [0.15, 0.2) is 58.0 Å². The van der Waals surface area contributed by atoms with Gasteiger partial charge in [-0.3, -0.25) is 0 Å². The fourth-order valence-electron chi connectivity index (χ4n) is 1.99. The lowest BCUT2D eigenvalue weighted by atomic mass is 10.2. The first kappa shape index (κ1) is 14.3. The highest BCUT2D eigenvalue weighted by molar-refractivity contribution is 8.00. The van der Waals surface area contributed by atoms with Gasteiger partial charge in [-0.05, 0) is 18.2 Å². The number of rotatable bonds is 4. The van der Waals surface area contributed by atoms with Crippen molar-refractivity contribution >= 4 is 34.6 Å². The molecule has 0 saturated carbocycles. The number of anilines is 1. The number of para-hydroxylation sites is 1. The molecular formula is C16H13NO4S. The van der Waals surface area contributed by atoms with Crippen molar-refractivity contribution in [2.24, 2.45) is 0 Å². The van der Waals surface area contributed by atoms with Gasteiger partial charge in [-0.15, -0.1) is 0 Å². The average Bonchev–Trinajstić information content (AvgIpc) is 2.95. The molecule has 0 bridgehead atoms. The van der Waals surface area contributed by atoms with E-state index < -0.39 is 5.97 Å². The van der Waals surface area contributed by atoms with Crippen molar-refractivity contribution in [2.45, 2.75) is 5.09 Å². The van der Waals surface area contributed by atoms with Crippen molar-refractivity contribution in [1.29, 1.82) is 0 Å². The molecule has 6 heteroatoms. The van der Waals surface area contributed by atoms with Crippen LogP contribution in [0.3, 0.4) is 0 Å². The van der Waals surface area contributed by atoms with E-state index >= 15 is 0 Å². The Kier molecular flexibility index (Phi) is 3.93. The van der Waals surface area contributed by atoms with Crippen molar-refractivity contribution in [1.82, 2.24) is 0 Å². The lowest BCUT2D eigenvalue weighted by Gasteiger charge is -2.06. The third-order valence-corrected chi connectivity index (χ3v) is 3.82. The fourth-order valence-corrected chi connectivity index (χ4v) is 2.66. The molecule has 0 atom stereocenters. The van der Waals surface area contributed by atoms with Crippen LogP contribution in [0.1, 0.15) is 10.4 Å². The molecule has 1 aromatic heterocycles. The number of carbonyl (C=O) groups excluding carboxylic acids is 1. The summed E-state index contributed by atoms with van der Waals surface area (Å²) in [6.45, 7) is 0. The van der Waals surface area contributed by atoms with Crippen molar-refractivity contribution in [3.05, 3.63) is 54.1 Å². The summed E-state index contributed by atoms with van der Waals surface area (Å²) in [6.07, 6.45) is 0. The summed E-state index contributed by atoms with van der Waals surface area (Å²) < 4.78 is 13.3. The molecular weight excluding hydrogens is 302 g/mol. The molecule has 3 aromatic rings. The van der Waals surface area contributed by atoms with Gasteiger partial charge >= 0.3 is 5.97 Å². The van der Waals surface area contributed by atoms with E-state index in [2.05, 4.69) is 9.46 Å². The van der Waals surface area contributed by atoms with Crippen LogP contribution in [0.2, 0.25) is 0 Å². The Labute approximate surface area is 131 Å². The molecule has 112 valence electrons. The predicted octanol–water partition coefficient (Wildman–Crippen LogP) is 4.04. The van der Waals surface area contributed by atoms with Crippen LogP contribution in [-0.2, 0) is 4.74 Å². The highest BCUT2D eigenvalue weighted by Crippen LogP contribution is 2.30. The van der Waals surface area contributed by atoms with E-state index in [0.29, 0.717) is 10.8 Å². The molecule has 0 spiro atoms. The Balaban J connectivity index is 1.73. The SMILES string of the molecule is COC(=O)c1ccc(NSc2cc3ccccc3o2)cc1O. The number of carbonyl (C=O) groups is 1. The molecule has 0 fully saturated rings. The zero-order chi connectivity index (χ0) is 15.5. The summed E-state index contributed by atoms with van der Waals surface area (Å²) in [6, 6.07) is 14.3. The van der Waals surface area contributed by atoms with Gasteiger partial charge in [0.15, 0.2) is 5.09 Å². The summed E-state index contributed by atoms with van der Waals surface area (Å²) in [5.41, 5.74) is 1.59. The lowest BCUT2D eigenvalue weighted by Crippen LogP contribution is -2.01. The van der Waals surface area contributed by atoms with E-state index in [9.17, 15) is 9.90 Å². The summed E-state index contributed by atoms with van der Waals surface area (Å²) in [4.78, 5) is 11.4. The molecule has 22 heavy (non-hydrogen) atoms. The van der Waals surface area contributed by atoms with Crippen molar-refractivity contribution < 1.29 is 19.1 Å². The first-order valence-electron chi connectivity index (χ1n) is 6.50. The summed E-state index contributed by atoms with van der Waals surface area (Å²) in [5, 5.41) is 11.6. The Morgan fingerprint density at radius 2 is 2.05 bits per heavy atom. The molecule has 5 nitrogen and oxygen atoms in total. The highest BCUT2D eigenvalue weighted by atomic mass is 32.2. The fraction of sp³-hybridized carbons (Fsp3) is 0.0625. The second-order valence-electron chi connectivity index (χ2n) is 4.53. The first-order chi connectivity index (χ1) is 10.7. The Bertz CT molecular complexity index is 795. The zero-order valence-corrected chi connectivity index (χ0v) is 12.5. The van der Waals surface area contributed by atoms with Gasteiger partial charge in [0.1, 0.15) is 16.9 Å². The summed E-state index contributed by atoms with van der Waals surface area (Å²) in [5.74, 6) is -0.712. The molecule has 0 radical (unpaired) electrons. The minimum Gasteiger partial charge on any atom is -0.507 e. The molecule has 0 aliphatic carbocycles. The Hall–Kier alpha value is -2.60. The van der Waals surface area contributed by atoms with E-state index in [-0.39, 0.29) is 11.3 Å². The number of fused-ring (bicyclic) bond motifs is 1. The van der Waals surface area contributed by atoms with Gasteiger partial charge < -0.3 is 19.0 Å². The van der Waals surface area contributed by atoms with Crippen molar-refractivity contribution in [3.8, 4) is 5.75 Å². The smallest absolute Gasteiger partial charge is 0.341 e. The van der Waals surface area contributed by atoms with Gasteiger partial charge in [-0.2, -0.15) is 0 Å². The van der Waals surface area contributed by atoms with E-state index in [1.54, 1.807) is 6.07 Å². The molecule has 2 aromatic carbocycles. The standard InChI is InChI=1S/C16H13NO4S/c1-20-16(19)12-7-6-11(9-13(12)18)17-22-15-8-10-4-2-3-5-14(10)21-15/h2-9,17-18H,1H3. The third kappa shape index (κ3) is 2.87. The second-order valence-corrected chi connectivity index (χ2v) is 5.34. The van der Waals surface area contributed by atoms with Crippen LogP contribution in [0, 0.1) is 0 Å². The maximum absolute atomic E-state index is 11.4. The molecule has 0 aliphatic rings. The first-order valence-corrected chi connectivity index (χ1v) is 7.32. The molecule has 0 aliphatic heterocycles. The van der Waals surface area contributed by atoms with E-state index in [0.717, 1.165) is 11.0 Å². The normalized spacial score (nSPS) is 10.6. The Morgan fingerprint density at radius 3 is 2.77 bits per heavy atom. The second kappa shape index (κ2) is 6.03. The lowest BCUT2D eigenvalue weighted by molar-refractivity contribution is 0.0597. The largest absolute Gasteiger partial charge is 0.507 e. The van der Waals surface area contributed by atoms with Crippen LogP contribution in [0.25, 0.3) is 11.0 Å². The monoisotopic (exact) mass is 315 g/mol. The quantitative estimate of drug-likeness (QED) is 0.559. The maximum Gasteiger partial charge on any atom is 0.341 e. The van der Waals surface area contributed by atoms with Crippen LogP contribution in [-0.4, -0.2) is 18.2 Å². The summed E-state index contributed by atoms with van der Waals surface area (Å²) >= 11 is 1.28. The van der Waals surface area contributed by atoms with Crippen LogP contribution >= 0.6 is 11.9 Å². The number of phenolic OH excluding ortho intramolecular Hbond substituents is 1. The maximum atomic E-state index is 11.4. The topological polar surface area (TPSA) is 71.7 Å².